The SMILES string of the molecule is CCCC(CSc1ccc(F)cc1F)NC. The zero-order chi connectivity index (χ0) is 12.0. The van der Waals surface area contributed by atoms with E-state index in [9.17, 15) is 8.78 Å². The average molecular weight is 245 g/mol. The minimum Gasteiger partial charge on any atom is -0.316 e. The highest BCUT2D eigenvalue weighted by Crippen LogP contribution is 2.23. The molecule has 0 saturated heterocycles. The third kappa shape index (κ3) is 4.10. The number of benzene rings is 1. The minimum absolute atomic E-state index is 0.374. The van der Waals surface area contributed by atoms with Crippen molar-refractivity contribution >= 4 is 11.8 Å². The predicted molar refractivity (Wildman–Crippen MR) is 64.8 cm³/mol. The number of thioether (sulfide) groups is 1. The fourth-order valence-electron chi connectivity index (χ4n) is 1.44. The van der Waals surface area contributed by atoms with Crippen molar-refractivity contribution in [3.8, 4) is 0 Å². The summed E-state index contributed by atoms with van der Waals surface area (Å²) in [5.41, 5.74) is 0. The van der Waals surface area contributed by atoms with E-state index in [4.69, 9.17) is 0 Å². The maximum atomic E-state index is 13.3. The molecule has 0 radical (unpaired) electrons. The topological polar surface area (TPSA) is 12.0 Å². The summed E-state index contributed by atoms with van der Waals surface area (Å²) in [7, 11) is 1.90. The second kappa shape index (κ2) is 6.86. The summed E-state index contributed by atoms with van der Waals surface area (Å²) in [5.74, 6) is -0.204. The highest BCUT2D eigenvalue weighted by atomic mass is 32.2. The van der Waals surface area contributed by atoms with E-state index in [1.165, 1.54) is 23.9 Å². The van der Waals surface area contributed by atoms with Gasteiger partial charge in [0.05, 0.1) is 0 Å². The van der Waals surface area contributed by atoms with Crippen molar-refractivity contribution in [1.29, 1.82) is 0 Å². The first-order chi connectivity index (χ1) is 7.67. The van der Waals surface area contributed by atoms with Gasteiger partial charge in [0.25, 0.3) is 0 Å². The Morgan fingerprint density at radius 1 is 1.38 bits per heavy atom. The van der Waals surface area contributed by atoms with E-state index < -0.39 is 11.6 Å². The normalized spacial score (nSPS) is 12.8. The molecular weight excluding hydrogens is 228 g/mol. The van der Waals surface area contributed by atoms with Gasteiger partial charge in [-0.05, 0) is 25.6 Å². The molecule has 1 nitrogen and oxygen atoms in total. The van der Waals surface area contributed by atoms with Gasteiger partial charge < -0.3 is 5.32 Å². The predicted octanol–water partition coefficient (Wildman–Crippen LogP) is 3.45. The monoisotopic (exact) mass is 245 g/mol. The molecule has 90 valence electrons. The van der Waals surface area contributed by atoms with Crippen LogP contribution in [0.25, 0.3) is 0 Å². The molecule has 0 aromatic heterocycles. The van der Waals surface area contributed by atoms with Gasteiger partial charge in [-0.15, -0.1) is 11.8 Å². The largest absolute Gasteiger partial charge is 0.316 e. The zero-order valence-corrected chi connectivity index (χ0v) is 10.4. The quantitative estimate of drug-likeness (QED) is 0.770. The van der Waals surface area contributed by atoms with Crippen LogP contribution in [0.15, 0.2) is 23.1 Å². The van der Waals surface area contributed by atoms with Crippen LogP contribution in [0.1, 0.15) is 19.8 Å². The number of halogens is 2. The zero-order valence-electron chi connectivity index (χ0n) is 9.59. The molecule has 0 spiro atoms. The molecule has 0 fully saturated rings. The lowest BCUT2D eigenvalue weighted by Crippen LogP contribution is -2.27. The number of rotatable bonds is 6. The lowest BCUT2D eigenvalue weighted by Gasteiger charge is -2.14. The molecule has 1 N–H and O–H groups in total. The summed E-state index contributed by atoms with van der Waals surface area (Å²) >= 11 is 1.42. The first kappa shape index (κ1) is 13.5. The van der Waals surface area contributed by atoms with E-state index in [1.807, 2.05) is 7.05 Å². The third-order valence-electron chi connectivity index (χ3n) is 2.38. The van der Waals surface area contributed by atoms with Gasteiger partial charge in [0.1, 0.15) is 11.6 Å². The van der Waals surface area contributed by atoms with Gasteiger partial charge in [-0.2, -0.15) is 0 Å². The molecular formula is C12H17F2NS. The van der Waals surface area contributed by atoms with Gasteiger partial charge in [-0.25, -0.2) is 8.78 Å². The fraction of sp³-hybridized carbons (Fsp3) is 0.500. The fourth-order valence-corrected chi connectivity index (χ4v) is 2.52. The van der Waals surface area contributed by atoms with Gasteiger partial charge in [-0.1, -0.05) is 13.3 Å². The van der Waals surface area contributed by atoms with E-state index in [-0.39, 0.29) is 0 Å². The van der Waals surface area contributed by atoms with Crippen LogP contribution in [0.4, 0.5) is 8.78 Å². The van der Waals surface area contributed by atoms with Crippen LogP contribution in [0.3, 0.4) is 0 Å². The summed E-state index contributed by atoms with van der Waals surface area (Å²) < 4.78 is 26.0. The summed E-state index contributed by atoms with van der Waals surface area (Å²) in [5, 5.41) is 3.19. The van der Waals surface area contributed by atoms with Crippen LogP contribution in [0.5, 0.6) is 0 Å². The highest BCUT2D eigenvalue weighted by molar-refractivity contribution is 7.99. The second-order valence-electron chi connectivity index (χ2n) is 3.66. The number of hydrogen-bond acceptors (Lipinski definition) is 2. The smallest absolute Gasteiger partial charge is 0.139 e. The van der Waals surface area contributed by atoms with Crippen molar-refractivity contribution in [3.63, 3.8) is 0 Å². The van der Waals surface area contributed by atoms with Crippen molar-refractivity contribution in [3.05, 3.63) is 29.8 Å². The third-order valence-corrected chi connectivity index (χ3v) is 3.59. The van der Waals surface area contributed by atoms with E-state index >= 15 is 0 Å². The molecule has 0 aliphatic carbocycles. The molecule has 16 heavy (non-hydrogen) atoms. The molecule has 1 aromatic carbocycles. The van der Waals surface area contributed by atoms with Gasteiger partial charge in [0, 0.05) is 22.8 Å². The van der Waals surface area contributed by atoms with Gasteiger partial charge in [-0.3, -0.25) is 0 Å². The lowest BCUT2D eigenvalue weighted by atomic mass is 10.2. The van der Waals surface area contributed by atoms with E-state index in [0.29, 0.717) is 10.9 Å². The number of hydrogen-bond donors (Lipinski definition) is 1. The maximum absolute atomic E-state index is 13.3. The second-order valence-corrected chi connectivity index (χ2v) is 4.72. The van der Waals surface area contributed by atoms with Crippen molar-refractivity contribution < 1.29 is 8.78 Å². The Labute approximate surface area is 99.6 Å². The minimum atomic E-state index is -0.527. The van der Waals surface area contributed by atoms with Gasteiger partial charge in [0.2, 0.25) is 0 Å². The van der Waals surface area contributed by atoms with Crippen LogP contribution in [0.2, 0.25) is 0 Å². The first-order valence-electron chi connectivity index (χ1n) is 5.42. The lowest BCUT2D eigenvalue weighted by molar-refractivity contribution is 0.558. The van der Waals surface area contributed by atoms with Crippen LogP contribution in [-0.2, 0) is 0 Å². The number of nitrogens with one attached hydrogen (secondary N) is 1. The Hall–Kier alpha value is -0.610. The molecule has 0 amide bonds. The van der Waals surface area contributed by atoms with Crippen molar-refractivity contribution in [2.24, 2.45) is 0 Å². The molecule has 0 bridgehead atoms. The summed E-state index contributed by atoms with van der Waals surface area (Å²) in [6.07, 6.45) is 2.16. The molecule has 1 aromatic rings. The molecule has 1 rings (SSSR count). The Kier molecular flexibility index (Phi) is 5.77. The van der Waals surface area contributed by atoms with E-state index in [1.54, 1.807) is 0 Å². The summed E-state index contributed by atoms with van der Waals surface area (Å²) in [4.78, 5) is 0.512. The van der Waals surface area contributed by atoms with Crippen molar-refractivity contribution in [2.75, 3.05) is 12.8 Å². The van der Waals surface area contributed by atoms with Crippen molar-refractivity contribution in [1.82, 2.24) is 5.32 Å². The Balaban J connectivity index is 2.53. The highest BCUT2D eigenvalue weighted by Gasteiger charge is 2.08. The van der Waals surface area contributed by atoms with Crippen LogP contribution < -0.4 is 5.32 Å². The molecule has 1 atom stereocenters. The Morgan fingerprint density at radius 2 is 2.12 bits per heavy atom. The van der Waals surface area contributed by atoms with E-state index in [2.05, 4.69) is 12.2 Å². The van der Waals surface area contributed by atoms with Crippen molar-refractivity contribution in [2.45, 2.75) is 30.7 Å². The van der Waals surface area contributed by atoms with Gasteiger partial charge in [0.15, 0.2) is 0 Å². The van der Waals surface area contributed by atoms with Crippen LogP contribution in [-0.4, -0.2) is 18.8 Å². The Bertz CT molecular complexity index is 331. The van der Waals surface area contributed by atoms with Crippen LogP contribution in [0, 0.1) is 11.6 Å². The molecule has 1 unspecified atom stereocenters. The molecule has 0 heterocycles. The first-order valence-corrected chi connectivity index (χ1v) is 6.41. The molecule has 4 heteroatoms. The maximum Gasteiger partial charge on any atom is 0.139 e. The van der Waals surface area contributed by atoms with Gasteiger partial charge >= 0.3 is 0 Å². The summed E-state index contributed by atoms with van der Waals surface area (Å²) in [6, 6.07) is 4.09. The average Bonchev–Trinajstić information content (AvgIpc) is 2.26. The molecule has 0 saturated carbocycles. The standard InChI is InChI=1S/C12H17F2NS/c1-3-4-10(15-2)8-16-12-6-5-9(13)7-11(12)14/h5-7,10,15H,3-4,8H2,1-2H3. The Morgan fingerprint density at radius 3 is 2.69 bits per heavy atom. The van der Waals surface area contributed by atoms with Crippen LogP contribution >= 0.6 is 11.8 Å². The van der Waals surface area contributed by atoms with E-state index in [0.717, 1.165) is 24.7 Å². The molecule has 0 aliphatic rings. The molecule has 0 aliphatic heterocycles. The summed E-state index contributed by atoms with van der Waals surface area (Å²) in [6.45, 7) is 2.12.